The molecular weight excluding hydrogens is 442 g/mol. The Labute approximate surface area is 206 Å². The highest BCUT2D eigenvalue weighted by Gasteiger charge is 2.28. The number of aromatic nitrogens is 3. The van der Waals surface area contributed by atoms with Gasteiger partial charge in [0.2, 0.25) is 5.91 Å². The second-order valence-electron chi connectivity index (χ2n) is 9.51. The molecule has 0 spiro atoms. The predicted octanol–water partition coefficient (Wildman–Crippen LogP) is 3.30. The second kappa shape index (κ2) is 11.4. The molecule has 2 aromatic heterocycles. The van der Waals surface area contributed by atoms with Crippen molar-refractivity contribution in [3.05, 3.63) is 64.1 Å². The molecule has 0 saturated carbocycles. The molecule has 186 valence electrons. The number of carbonyl (C=O) groups is 1. The highest BCUT2D eigenvalue weighted by atomic mass is 16.5. The first-order valence-corrected chi connectivity index (χ1v) is 12.5. The van der Waals surface area contributed by atoms with E-state index in [2.05, 4.69) is 10.3 Å². The van der Waals surface area contributed by atoms with Crippen LogP contribution in [-0.4, -0.2) is 52.8 Å². The van der Waals surface area contributed by atoms with Crippen molar-refractivity contribution < 1.29 is 9.53 Å². The molecule has 1 atom stereocenters. The monoisotopic (exact) mass is 477 g/mol. The van der Waals surface area contributed by atoms with E-state index in [9.17, 15) is 9.59 Å². The molecule has 3 heterocycles. The summed E-state index contributed by atoms with van der Waals surface area (Å²) in [7, 11) is 0. The molecule has 1 N–H and O–H groups in total. The van der Waals surface area contributed by atoms with E-state index in [0.717, 1.165) is 24.8 Å². The SMILES string of the molecule is Cc1ccc(Cn2c(=O)c(N3CCCC(C(=O)NCCCOC(C)C)C3)nc3cccnc32)cc1. The van der Waals surface area contributed by atoms with Gasteiger partial charge in [-0.3, -0.25) is 14.2 Å². The molecule has 1 fully saturated rings. The number of fused-ring (bicyclic) bond motifs is 1. The molecule has 0 aliphatic carbocycles. The van der Waals surface area contributed by atoms with Gasteiger partial charge in [-0.05, 0) is 57.7 Å². The van der Waals surface area contributed by atoms with Crippen LogP contribution in [0.3, 0.4) is 0 Å². The number of amides is 1. The van der Waals surface area contributed by atoms with Gasteiger partial charge >= 0.3 is 0 Å². The molecule has 8 heteroatoms. The Bertz CT molecular complexity index is 1210. The average Bonchev–Trinajstić information content (AvgIpc) is 2.86. The normalized spacial score (nSPS) is 16.1. The van der Waals surface area contributed by atoms with Crippen molar-refractivity contribution in [3.8, 4) is 0 Å². The highest BCUT2D eigenvalue weighted by molar-refractivity contribution is 5.79. The number of hydrogen-bond acceptors (Lipinski definition) is 6. The maximum absolute atomic E-state index is 13.6. The van der Waals surface area contributed by atoms with Crippen molar-refractivity contribution in [2.45, 2.75) is 52.7 Å². The zero-order valence-corrected chi connectivity index (χ0v) is 20.9. The Morgan fingerprint density at radius 3 is 2.80 bits per heavy atom. The number of rotatable bonds is 9. The number of piperidine rings is 1. The molecule has 1 aliphatic heterocycles. The smallest absolute Gasteiger partial charge is 0.295 e. The molecule has 1 unspecified atom stereocenters. The van der Waals surface area contributed by atoms with Gasteiger partial charge in [-0.1, -0.05) is 29.8 Å². The fourth-order valence-corrected chi connectivity index (χ4v) is 4.42. The Hall–Kier alpha value is -3.26. The largest absolute Gasteiger partial charge is 0.379 e. The summed E-state index contributed by atoms with van der Waals surface area (Å²) in [6, 6.07) is 11.9. The molecule has 4 rings (SSSR count). The van der Waals surface area contributed by atoms with E-state index in [1.807, 2.05) is 62.1 Å². The summed E-state index contributed by atoms with van der Waals surface area (Å²) < 4.78 is 7.24. The van der Waals surface area contributed by atoms with Gasteiger partial charge in [0, 0.05) is 32.4 Å². The van der Waals surface area contributed by atoms with Crippen LogP contribution in [0, 0.1) is 12.8 Å². The van der Waals surface area contributed by atoms with Crippen LogP contribution in [0.4, 0.5) is 5.82 Å². The molecule has 1 amide bonds. The quantitative estimate of drug-likeness (QED) is 0.476. The lowest BCUT2D eigenvalue weighted by Gasteiger charge is -2.32. The third-order valence-electron chi connectivity index (χ3n) is 6.31. The summed E-state index contributed by atoms with van der Waals surface area (Å²) in [6.45, 7) is 8.85. The number of nitrogens with zero attached hydrogens (tertiary/aromatic N) is 4. The first-order valence-electron chi connectivity index (χ1n) is 12.5. The van der Waals surface area contributed by atoms with Crippen LogP contribution < -0.4 is 15.8 Å². The Morgan fingerprint density at radius 2 is 2.03 bits per heavy atom. The van der Waals surface area contributed by atoms with Gasteiger partial charge in [0.05, 0.1) is 18.6 Å². The van der Waals surface area contributed by atoms with E-state index in [-0.39, 0.29) is 23.5 Å². The summed E-state index contributed by atoms with van der Waals surface area (Å²) in [4.78, 5) is 37.6. The number of benzene rings is 1. The number of carbonyl (C=O) groups excluding carboxylic acids is 1. The molecule has 35 heavy (non-hydrogen) atoms. The number of hydrogen-bond donors (Lipinski definition) is 1. The van der Waals surface area contributed by atoms with Crippen LogP contribution in [0.2, 0.25) is 0 Å². The minimum absolute atomic E-state index is 0.0293. The van der Waals surface area contributed by atoms with Gasteiger partial charge in [-0.25, -0.2) is 9.97 Å². The fourth-order valence-electron chi connectivity index (χ4n) is 4.42. The van der Waals surface area contributed by atoms with E-state index in [1.165, 1.54) is 5.56 Å². The zero-order chi connectivity index (χ0) is 24.8. The van der Waals surface area contributed by atoms with Gasteiger partial charge in [0.1, 0.15) is 5.52 Å². The molecule has 3 aromatic rings. The van der Waals surface area contributed by atoms with Crippen LogP contribution >= 0.6 is 0 Å². The van der Waals surface area contributed by atoms with Gasteiger partial charge in [-0.15, -0.1) is 0 Å². The van der Waals surface area contributed by atoms with Crippen LogP contribution in [0.5, 0.6) is 0 Å². The Balaban J connectivity index is 1.53. The lowest BCUT2D eigenvalue weighted by molar-refractivity contribution is -0.125. The lowest BCUT2D eigenvalue weighted by atomic mass is 9.97. The standard InChI is InChI=1S/C27H35N5O3/c1-19(2)35-16-6-14-29-26(33)22-7-5-15-31(18-22)25-27(34)32(17-21-11-9-20(3)10-12-21)24-23(30-25)8-4-13-28-24/h4,8-13,19,22H,5-7,14-18H2,1-3H3,(H,29,33). The van der Waals surface area contributed by atoms with Gasteiger partial charge in [0.25, 0.3) is 5.56 Å². The summed E-state index contributed by atoms with van der Waals surface area (Å²) in [5.41, 5.74) is 3.26. The van der Waals surface area contributed by atoms with Crippen molar-refractivity contribution >= 4 is 22.9 Å². The topological polar surface area (TPSA) is 89.4 Å². The van der Waals surface area contributed by atoms with E-state index in [1.54, 1.807) is 10.8 Å². The summed E-state index contributed by atoms with van der Waals surface area (Å²) in [5.74, 6) is 0.244. The van der Waals surface area contributed by atoms with Crippen LogP contribution in [0.25, 0.3) is 11.2 Å². The first kappa shape index (κ1) is 24.9. The van der Waals surface area contributed by atoms with Gasteiger partial charge in [-0.2, -0.15) is 0 Å². The minimum Gasteiger partial charge on any atom is -0.379 e. The van der Waals surface area contributed by atoms with Crippen molar-refractivity contribution in [3.63, 3.8) is 0 Å². The van der Waals surface area contributed by atoms with Gasteiger partial charge in [0.15, 0.2) is 11.5 Å². The fraction of sp³-hybridized carbons (Fsp3) is 0.481. The van der Waals surface area contributed by atoms with Crippen LogP contribution in [0.1, 0.15) is 44.2 Å². The van der Waals surface area contributed by atoms with Gasteiger partial charge < -0.3 is 15.0 Å². The molecule has 0 radical (unpaired) electrons. The van der Waals surface area contributed by atoms with E-state index in [4.69, 9.17) is 9.72 Å². The molecule has 1 saturated heterocycles. The molecular formula is C27H35N5O3. The maximum atomic E-state index is 13.6. The van der Waals surface area contributed by atoms with Crippen molar-refractivity contribution in [2.24, 2.45) is 5.92 Å². The molecule has 0 bridgehead atoms. The molecule has 1 aromatic carbocycles. The number of aryl methyl sites for hydroxylation is 1. The van der Waals surface area contributed by atoms with E-state index < -0.39 is 0 Å². The van der Waals surface area contributed by atoms with E-state index in [0.29, 0.717) is 49.8 Å². The summed E-state index contributed by atoms with van der Waals surface area (Å²) in [6.07, 6.45) is 4.29. The van der Waals surface area contributed by atoms with Crippen molar-refractivity contribution in [1.29, 1.82) is 0 Å². The number of anilines is 1. The third kappa shape index (κ3) is 6.25. The van der Waals surface area contributed by atoms with E-state index >= 15 is 0 Å². The van der Waals surface area contributed by atoms with Crippen LogP contribution in [-0.2, 0) is 16.1 Å². The lowest BCUT2D eigenvalue weighted by Crippen LogP contribution is -2.46. The number of nitrogens with one attached hydrogen (secondary N) is 1. The average molecular weight is 478 g/mol. The molecule has 8 nitrogen and oxygen atoms in total. The number of pyridine rings is 1. The first-order chi connectivity index (χ1) is 16.9. The molecule has 1 aliphatic rings. The van der Waals surface area contributed by atoms with Crippen LogP contribution in [0.15, 0.2) is 47.4 Å². The second-order valence-corrected chi connectivity index (χ2v) is 9.51. The summed E-state index contributed by atoms with van der Waals surface area (Å²) in [5, 5.41) is 3.03. The highest BCUT2D eigenvalue weighted by Crippen LogP contribution is 2.22. The Kier molecular flexibility index (Phi) is 8.13. The summed E-state index contributed by atoms with van der Waals surface area (Å²) >= 11 is 0. The third-order valence-corrected chi connectivity index (χ3v) is 6.31. The predicted molar refractivity (Wildman–Crippen MR) is 138 cm³/mol. The van der Waals surface area contributed by atoms with Crippen molar-refractivity contribution in [2.75, 3.05) is 31.1 Å². The zero-order valence-electron chi connectivity index (χ0n) is 20.9. The maximum Gasteiger partial charge on any atom is 0.295 e. The minimum atomic E-state index is -0.177. The Morgan fingerprint density at radius 1 is 1.23 bits per heavy atom. The number of ether oxygens (including phenoxy) is 1. The van der Waals surface area contributed by atoms with Crippen molar-refractivity contribution in [1.82, 2.24) is 19.9 Å².